The van der Waals surface area contributed by atoms with Crippen LogP contribution in [0.5, 0.6) is 6.01 Å². The Morgan fingerprint density at radius 1 is 1.37 bits per heavy atom. The summed E-state index contributed by atoms with van der Waals surface area (Å²) in [5.74, 6) is 0.548. The van der Waals surface area contributed by atoms with Gasteiger partial charge in [0.05, 0.1) is 24.7 Å². The molecule has 0 saturated carbocycles. The first-order valence-electron chi connectivity index (χ1n) is 12.3. The number of carbonyl (C=O) groups excluding carboxylic acids is 1. The van der Waals surface area contributed by atoms with Crippen LogP contribution in [0, 0.1) is 22.2 Å². The Hall–Kier alpha value is -3.44. The van der Waals surface area contributed by atoms with E-state index in [2.05, 4.69) is 47.3 Å². The van der Waals surface area contributed by atoms with Crippen molar-refractivity contribution in [1.82, 2.24) is 20.1 Å². The molecule has 4 unspecified atom stereocenters. The van der Waals surface area contributed by atoms with E-state index in [1.807, 2.05) is 41.3 Å². The van der Waals surface area contributed by atoms with Gasteiger partial charge in [0.25, 0.3) is 5.91 Å². The molecule has 0 spiro atoms. The Morgan fingerprint density at radius 2 is 2.26 bits per heavy atom. The molecular formula is C27H31N5O3. The molecule has 1 aromatic heterocycles. The smallest absolute Gasteiger partial charge is 0.336 e. The van der Waals surface area contributed by atoms with Gasteiger partial charge in [0.2, 0.25) is 0 Å². The molecule has 1 aromatic carbocycles. The van der Waals surface area contributed by atoms with Gasteiger partial charge in [-0.05, 0) is 43.7 Å². The molecule has 2 aliphatic heterocycles. The maximum atomic E-state index is 13.5. The molecule has 3 aliphatic rings. The maximum absolute atomic E-state index is 13.5. The number of aromatic nitrogens is 3. The standard InChI is InChI=1S/C27H31N5O3/c1-19-16-26(2,27(18-28)10-4-3-5-11-27)12-13-32(19)24(33)21-8-6-7-20(15-21)23-29-25(31-30-23)35-22-9-14-34-17-22/h3-8,10,15,19,22H,9,11-14,16-17H2,1-2H3,(H,29,30,31). The number of piperidine rings is 1. The molecule has 5 rings (SSSR count). The second-order valence-corrected chi connectivity index (χ2v) is 10.1. The molecule has 182 valence electrons. The number of nitriles is 1. The van der Waals surface area contributed by atoms with Crippen LogP contribution in [0.3, 0.4) is 0 Å². The van der Waals surface area contributed by atoms with Gasteiger partial charge in [-0.1, -0.05) is 43.4 Å². The molecule has 0 bridgehead atoms. The van der Waals surface area contributed by atoms with E-state index in [1.54, 1.807) is 0 Å². The van der Waals surface area contributed by atoms with Crippen LogP contribution in [0.1, 0.15) is 49.9 Å². The molecule has 1 aliphatic carbocycles. The molecule has 3 heterocycles. The summed E-state index contributed by atoms with van der Waals surface area (Å²) in [6, 6.07) is 10.3. The lowest BCUT2D eigenvalue weighted by Crippen LogP contribution is -2.52. The van der Waals surface area contributed by atoms with E-state index in [1.165, 1.54) is 0 Å². The van der Waals surface area contributed by atoms with Gasteiger partial charge in [0, 0.05) is 30.1 Å². The summed E-state index contributed by atoms with van der Waals surface area (Å²) in [5, 5.41) is 17.1. The number of nitrogens with zero attached hydrogens (tertiary/aromatic N) is 4. The monoisotopic (exact) mass is 473 g/mol. The SMILES string of the molecule is CC1CC(C)(C2(C#N)C=CC=CC2)CCN1C(=O)c1cccc(-c2nc(OC3CCOC3)n[nH]2)c1. The Bertz CT molecular complexity index is 1190. The second-order valence-electron chi connectivity index (χ2n) is 10.1. The quantitative estimate of drug-likeness (QED) is 0.694. The van der Waals surface area contributed by atoms with Crippen LogP contribution in [-0.4, -0.2) is 57.9 Å². The molecule has 1 N–H and O–H groups in total. The molecular weight excluding hydrogens is 442 g/mol. The lowest BCUT2D eigenvalue weighted by atomic mass is 9.57. The number of aromatic amines is 1. The summed E-state index contributed by atoms with van der Waals surface area (Å²) < 4.78 is 11.1. The zero-order chi connectivity index (χ0) is 24.5. The van der Waals surface area contributed by atoms with Crippen molar-refractivity contribution in [1.29, 1.82) is 5.26 Å². The fraction of sp³-hybridized carbons (Fsp3) is 0.481. The number of hydrogen-bond donors (Lipinski definition) is 1. The van der Waals surface area contributed by atoms with Gasteiger partial charge >= 0.3 is 6.01 Å². The van der Waals surface area contributed by atoms with Crippen molar-refractivity contribution in [2.45, 2.75) is 51.7 Å². The summed E-state index contributed by atoms with van der Waals surface area (Å²) >= 11 is 0. The first kappa shape index (κ1) is 23.3. The van der Waals surface area contributed by atoms with Crippen LogP contribution in [0.15, 0.2) is 48.6 Å². The normalized spacial score (nSPS) is 30.3. The minimum absolute atomic E-state index is 0.00872. The average molecular weight is 474 g/mol. The predicted octanol–water partition coefficient (Wildman–Crippen LogP) is 4.30. The van der Waals surface area contributed by atoms with Crippen molar-refractivity contribution < 1.29 is 14.3 Å². The highest BCUT2D eigenvalue weighted by Crippen LogP contribution is 2.52. The van der Waals surface area contributed by atoms with Crippen molar-refractivity contribution >= 4 is 5.91 Å². The molecule has 4 atom stereocenters. The molecule has 2 fully saturated rings. The summed E-state index contributed by atoms with van der Waals surface area (Å²) in [5.41, 5.74) is 0.665. The Balaban J connectivity index is 1.29. The Morgan fingerprint density at radius 3 is 2.97 bits per heavy atom. The van der Waals surface area contributed by atoms with E-state index < -0.39 is 5.41 Å². The molecule has 8 heteroatoms. The fourth-order valence-corrected chi connectivity index (χ4v) is 5.59. The first-order valence-corrected chi connectivity index (χ1v) is 12.3. The maximum Gasteiger partial charge on any atom is 0.336 e. The number of carbonyl (C=O) groups is 1. The number of rotatable bonds is 5. The molecule has 35 heavy (non-hydrogen) atoms. The van der Waals surface area contributed by atoms with Crippen molar-refractivity contribution in [3.05, 3.63) is 54.1 Å². The second kappa shape index (κ2) is 9.31. The van der Waals surface area contributed by atoms with Crippen LogP contribution in [-0.2, 0) is 4.74 Å². The van der Waals surface area contributed by atoms with Gasteiger partial charge < -0.3 is 14.4 Å². The zero-order valence-corrected chi connectivity index (χ0v) is 20.2. The van der Waals surface area contributed by atoms with E-state index in [9.17, 15) is 10.1 Å². The molecule has 8 nitrogen and oxygen atoms in total. The van der Waals surface area contributed by atoms with E-state index in [-0.39, 0.29) is 29.5 Å². The van der Waals surface area contributed by atoms with E-state index >= 15 is 0 Å². The fourth-order valence-electron chi connectivity index (χ4n) is 5.59. The minimum Gasteiger partial charge on any atom is -0.457 e. The number of hydrogen-bond acceptors (Lipinski definition) is 6. The number of nitrogens with one attached hydrogen (secondary N) is 1. The summed E-state index contributed by atoms with van der Waals surface area (Å²) in [4.78, 5) is 19.9. The van der Waals surface area contributed by atoms with Crippen LogP contribution in [0.2, 0.25) is 0 Å². The highest BCUT2D eigenvalue weighted by Gasteiger charge is 2.50. The van der Waals surface area contributed by atoms with Gasteiger partial charge in [0.15, 0.2) is 5.82 Å². The van der Waals surface area contributed by atoms with E-state index in [0.29, 0.717) is 31.1 Å². The topological polar surface area (TPSA) is 104 Å². The predicted molar refractivity (Wildman–Crippen MR) is 130 cm³/mol. The van der Waals surface area contributed by atoms with Gasteiger partial charge in [-0.3, -0.25) is 9.89 Å². The van der Waals surface area contributed by atoms with Crippen LogP contribution >= 0.6 is 0 Å². The third-order valence-corrected chi connectivity index (χ3v) is 7.80. The van der Waals surface area contributed by atoms with Gasteiger partial charge in [-0.2, -0.15) is 10.2 Å². The van der Waals surface area contributed by atoms with Gasteiger partial charge in [0.1, 0.15) is 6.10 Å². The van der Waals surface area contributed by atoms with Crippen molar-refractivity contribution in [2.24, 2.45) is 10.8 Å². The Labute approximate surface area is 205 Å². The van der Waals surface area contributed by atoms with Crippen molar-refractivity contribution in [2.75, 3.05) is 19.8 Å². The summed E-state index contributed by atoms with van der Waals surface area (Å²) in [7, 11) is 0. The average Bonchev–Trinajstić information content (AvgIpc) is 3.57. The first-order chi connectivity index (χ1) is 16.9. The number of H-pyrrole nitrogens is 1. The van der Waals surface area contributed by atoms with E-state index in [0.717, 1.165) is 31.2 Å². The van der Waals surface area contributed by atoms with Crippen LogP contribution in [0.4, 0.5) is 0 Å². The molecule has 2 saturated heterocycles. The third-order valence-electron chi connectivity index (χ3n) is 7.80. The highest BCUT2D eigenvalue weighted by molar-refractivity contribution is 5.95. The lowest BCUT2D eigenvalue weighted by molar-refractivity contribution is 0.0157. The number of ether oxygens (including phenoxy) is 2. The number of likely N-dealkylation sites (tertiary alicyclic amines) is 1. The number of allylic oxidation sites excluding steroid dienone is 4. The summed E-state index contributed by atoms with van der Waals surface area (Å²) in [6.07, 6.45) is 11.2. The van der Waals surface area contributed by atoms with Crippen LogP contribution in [0.25, 0.3) is 11.4 Å². The number of benzene rings is 1. The molecule has 0 radical (unpaired) electrons. The van der Waals surface area contributed by atoms with Crippen molar-refractivity contribution in [3.8, 4) is 23.5 Å². The molecule has 2 aromatic rings. The Kier molecular flexibility index (Phi) is 6.20. The molecule has 1 amide bonds. The van der Waals surface area contributed by atoms with Crippen LogP contribution < -0.4 is 4.74 Å². The largest absolute Gasteiger partial charge is 0.457 e. The zero-order valence-electron chi connectivity index (χ0n) is 20.2. The van der Waals surface area contributed by atoms with Gasteiger partial charge in [-0.15, -0.1) is 5.10 Å². The van der Waals surface area contributed by atoms with Crippen molar-refractivity contribution in [3.63, 3.8) is 0 Å². The summed E-state index contributed by atoms with van der Waals surface area (Å²) in [6.45, 7) is 6.12. The number of amides is 1. The van der Waals surface area contributed by atoms with Gasteiger partial charge in [-0.25, -0.2) is 0 Å². The minimum atomic E-state index is -0.526. The third kappa shape index (κ3) is 4.37. The van der Waals surface area contributed by atoms with E-state index in [4.69, 9.17) is 9.47 Å². The lowest BCUT2D eigenvalue weighted by Gasteiger charge is -2.50. The highest BCUT2D eigenvalue weighted by atomic mass is 16.6.